The van der Waals surface area contributed by atoms with E-state index >= 15 is 0 Å². The predicted molar refractivity (Wildman–Crippen MR) is 107 cm³/mol. The summed E-state index contributed by atoms with van der Waals surface area (Å²) < 4.78 is 39.6. The highest BCUT2D eigenvalue weighted by atomic mass is 19.4. The van der Waals surface area contributed by atoms with Gasteiger partial charge in [-0.25, -0.2) is 9.67 Å². The molecule has 0 spiro atoms. The molecule has 158 valence electrons. The summed E-state index contributed by atoms with van der Waals surface area (Å²) in [5.41, 5.74) is 1.25. The van der Waals surface area contributed by atoms with Crippen LogP contribution in [-0.2, 0) is 12.7 Å². The lowest BCUT2D eigenvalue weighted by Gasteiger charge is -2.21. The fraction of sp³-hybridized carbons (Fsp3) is 0.182. The van der Waals surface area contributed by atoms with E-state index in [9.17, 15) is 18.0 Å². The number of aromatic nitrogens is 3. The van der Waals surface area contributed by atoms with Gasteiger partial charge in [0.15, 0.2) is 5.82 Å². The van der Waals surface area contributed by atoms with Gasteiger partial charge in [0.05, 0.1) is 34.7 Å². The van der Waals surface area contributed by atoms with E-state index < -0.39 is 11.7 Å². The summed E-state index contributed by atoms with van der Waals surface area (Å²) in [4.78, 5) is 18.5. The molecule has 0 radical (unpaired) electrons. The number of benzene rings is 1. The summed E-state index contributed by atoms with van der Waals surface area (Å²) in [6.45, 7) is 5.91. The summed E-state index contributed by atoms with van der Waals surface area (Å²) in [5.74, 6) is -0.133. The highest BCUT2D eigenvalue weighted by Gasteiger charge is 2.31. The van der Waals surface area contributed by atoms with Crippen LogP contribution in [0, 0.1) is 18.3 Å². The van der Waals surface area contributed by atoms with Crippen LogP contribution in [0.4, 0.5) is 13.2 Å². The molecule has 0 aliphatic heterocycles. The molecule has 0 bridgehead atoms. The summed E-state index contributed by atoms with van der Waals surface area (Å²) in [7, 11) is 0. The Bertz CT molecular complexity index is 1130. The first-order valence-electron chi connectivity index (χ1n) is 9.22. The van der Waals surface area contributed by atoms with Crippen LogP contribution in [0.2, 0.25) is 0 Å². The van der Waals surface area contributed by atoms with E-state index in [-0.39, 0.29) is 18.3 Å². The molecule has 9 heteroatoms. The largest absolute Gasteiger partial charge is 0.417 e. The van der Waals surface area contributed by atoms with Gasteiger partial charge < -0.3 is 4.90 Å². The van der Waals surface area contributed by atoms with Crippen molar-refractivity contribution in [1.82, 2.24) is 19.7 Å². The monoisotopic (exact) mass is 425 g/mol. The minimum Gasteiger partial charge on any atom is -0.331 e. The Morgan fingerprint density at radius 1 is 1.23 bits per heavy atom. The van der Waals surface area contributed by atoms with E-state index in [4.69, 9.17) is 5.26 Å². The van der Waals surface area contributed by atoms with Gasteiger partial charge in [0.25, 0.3) is 5.91 Å². The molecule has 3 aromatic rings. The lowest BCUT2D eigenvalue weighted by molar-refractivity contribution is -0.137. The zero-order valence-electron chi connectivity index (χ0n) is 16.6. The van der Waals surface area contributed by atoms with Gasteiger partial charge in [-0.3, -0.25) is 4.79 Å². The summed E-state index contributed by atoms with van der Waals surface area (Å²) in [5, 5.41) is 13.1. The number of alkyl halides is 3. The fourth-order valence-corrected chi connectivity index (χ4v) is 2.98. The van der Waals surface area contributed by atoms with Gasteiger partial charge in [-0.05, 0) is 36.8 Å². The maximum absolute atomic E-state index is 13.1. The fourth-order valence-electron chi connectivity index (χ4n) is 2.98. The summed E-state index contributed by atoms with van der Waals surface area (Å²) in [6, 6.07) is 11.0. The van der Waals surface area contributed by atoms with E-state index in [2.05, 4.69) is 16.7 Å². The van der Waals surface area contributed by atoms with Crippen LogP contribution < -0.4 is 0 Å². The van der Waals surface area contributed by atoms with Crippen molar-refractivity contribution in [3.8, 4) is 11.9 Å². The zero-order valence-corrected chi connectivity index (χ0v) is 16.6. The van der Waals surface area contributed by atoms with E-state index in [1.54, 1.807) is 42.2 Å². The molecule has 0 fully saturated rings. The minimum absolute atomic E-state index is 0.173. The van der Waals surface area contributed by atoms with Crippen LogP contribution in [0.25, 0.3) is 5.82 Å². The third kappa shape index (κ3) is 4.80. The van der Waals surface area contributed by atoms with Crippen molar-refractivity contribution >= 4 is 5.91 Å². The average Bonchev–Trinajstić information content (AvgIpc) is 3.14. The van der Waals surface area contributed by atoms with Crippen molar-refractivity contribution in [1.29, 1.82) is 5.26 Å². The second-order valence-corrected chi connectivity index (χ2v) is 6.74. The molecule has 0 aliphatic rings. The van der Waals surface area contributed by atoms with Crippen LogP contribution in [-0.4, -0.2) is 32.1 Å². The molecule has 0 saturated carbocycles. The number of amides is 1. The molecule has 31 heavy (non-hydrogen) atoms. The molecule has 0 aliphatic carbocycles. The molecule has 0 saturated heterocycles. The number of nitrogens with zero attached hydrogens (tertiary/aromatic N) is 5. The molecule has 2 aromatic heterocycles. The van der Waals surface area contributed by atoms with E-state index in [0.29, 0.717) is 23.4 Å². The van der Waals surface area contributed by atoms with Crippen LogP contribution in [0.5, 0.6) is 0 Å². The highest BCUT2D eigenvalue weighted by Crippen LogP contribution is 2.29. The maximum Gasteiger partial charge on any atom is 0.417 e. The SMILES string of the molecule is C=CCN(Cc1ccc(C#N)cc1)C(=O)c1cnn(-c2ccc(C(F)(F)F)cn2)c1C. The molecule has 0 unspecified atom stereocenters. The van der Waals surface area contributed by atoms with Gasteiger partial charge in [0.1, 0.15) is 0 Å². The number of pyridine rings is 1. The third-order valence-corrected chi connectivity index (χ3v) is 4.63. The first-order chi connectivity index (χ1) is 14.7. The topological polar surface area (TPSA) is 74.8 Å². The van der Waals surface area contributed by atoms with Crippen LogP contribution in [0.15, 0.2) is 61.4 Å². The molecule has 0 N–H and O–H groups in total. The average molecular weight is 425 g/mol. The molecule has 0 atom stereocenters. The standard InChI is InChI=1S/C22H18F3N5O/c1-3-10-29(14-17-6-4-16(11-26)5-7-17)21(31)19-13-28-30(15(19)2)20-9-8-18(12-27-20)22(23,24)25/h3-9,12-13H,1,10,14H2,2H3. The predicted octanol–water partition coefficient (Wildman–Crippen LogP) is 4.29. The van der Waals surface area contributed by atoms with Gasteiger partial charge in [0, 0.05) is 19.3 Å². The molecule has 1 aromatic carbocycles. The van der Waals surface area contributed by atoms with Crippen LogP contribution in [0.1, 0.15) is 32.7 Å². The quantitative estimate of drug-likeness (QED) is 0.552. The van der Waals surface area contributed by atoms with E-state index in [1.165, 1.54) is 16.9 Å². The molecule has 2 heterocycles. The minimum atomic E-state index is -4.48. The van der Waals surface area contributed by atoms with E-state index in [1.807, 2.05) is 6.07 Å². The molecule has 1 amide bonds. The van der Waals surface area contributed by atoms with Crippen molar-refractivity contribution in [3.05, 3.63) is 89.4 Å². The van der Waals surface area contributed by atoms with Crippen molar-refractivity contribution in [2.45, 2.75) is 19.6 Å². The normalized spacial score (nSPS) is 11.1. The summed E-state index contributed by atoms with van der Waals surface area (Å²) >= 11 is 0. The van der Waals surface area contributed by atoms with Gasteiger partial charge in [-0.2, -0.15) is 23.5 Å². The Balaban J connectivity index is 1.85. The number of nitriles is 1. The van der Waals surface area contributed by atoms with Gasteiger partial charge >= 0.3 is 6.18 Å². The van der Waals surface area contributed by atoms with Crippen molar-refractivity contribution in [2.24, 2.45) is 0 Å². The van der Waals surface area contributed by atoms with Gasteiger partial charge in [-0.15, -0.1) is 6.58 Å². The Labute approximate surface area is 176 Å². The van der Waals surface area contributed by atoms with Crippen molar-refractivity contribution in [3.63, 3.8) is 0 Å². The van der Waals surface area contributed by atoms with Crippen molar-refractivity contribution < 1.29 is 18.0 Å². The Kier molecular flexibility index (Phi) is 6.20. The zero-order chi connectivity index (χ0) is 22.6. The molecule has 6 nitrogen and oxygen atoms in total. The number of halogens is 3. The maximum atomic E-state index is 13.1. The summed E-state index contributed by atoms with van der Waals surface area (Å²) in [6.07, 6.45) is -0.792. The van der Waals surface area contributed by atoms with Crippen LogP contribution in [0.3, 0.4) is 0 Å². The molecular formula is C22H18F3N5O. The second-order valence-electron chi connectivity index (χ2n) is 6.74. The first-order valence-corrected chi connectivity index (χ1v) is 9.22. The first kappa shape index (κ1) is 21.8. The molecular weight excluding hydrogens is 407 g/mol. The number of hydrogen-bond donors (Lipinski definition) is 0. The van der Waals surface area contributed by atoms with Crippen LogP contribution >= 0.6 is 0 Å². The smallest absolute Gasteiger partial charge is 0.331 e. The Morgan fingerprint density at radius 2 is 1.94 bits per heavy atom. The number of carbonyl (C=O) groups excluding carboxylic acids is 1. The number of rotatable bonds is 6. The Hall–Kier alpha value is -3.93. The molecule has 3 rings (SSSR count). The Morgan fingerprint density at radius 3 is 2.48 bits per heavy atom. The van der Waals surface area contributed by atoms with Gasteiger partial charge in [-0.1, -0.05) is 18.2 Å². The van der Waals surface area contributed by atoms with Crippen molar-refractivity contribution in [2.75, 3.05) is 6.54 Å². The lowest BCUT2D eigenvalue weighted by atomic mass is 10.1. The second kappa shape index (κ2) is 8.83. The number of hydrogen-bond acceptors (Lipinski definition) is 4. The highest BCUT2D eigenvalue weighted by molar-refractivity contribution is 5.95. The number of carbonyl (C=O) groups is 1. The van der Waals surface area contributed by atoms with E-state index in [0.717, 1.165) is 17.8 Å². The third-order valence-electron chi connectivity index (χ3n) is 4.63. The lowest BCUT2D eigenvalue weighted by Crippen LogP contribution is -2.31. The van der Waals surface area contributed by atoms with Gasteiger partial charge in [0.2, 0.25) is 0 Å².